The fourth-order valence-corrected chi connectivity index (χ4v) is 5.05. The molecule has 5 rings (SSSR count). The molecule has 1 unspecified atom stereocenters. The zero-order chi connectivity index (χ0) is 24.7. The molecule has 0 aromatic carbocycles. The van der Waals surface area contributed by atoms with Crippen molar-refractivity contribution in [1.29, 1.82) is 0 Å². The Bertz CT molecular complexity index is 1520. The number of amides is 1. The monoisotopic (exact) mass is 493 g/mol. The van der Waals surface area contributed by atoms with Gasteiger partial charge in [-0.2, -0.15) is 9.78 Å². The van der Waals surface area contributed by atoms with E-state index < -0.39 is 0 Å². The van der Waals surface area contributed by atoms with Crippen molar-refractivity contribution in [2.75, 3.05) is 11.1 Å². The van der Waals surface area contributed by atoms with E-state index in [0.29, 0.717) is 39.6 Å². The molecule has 5 heterocycles. The Hall–Kier alpha value is -3.93. The standard InChI is InChI=1S/C23H23N7O4S/c1-12(2)15-10-20(32)27-22(25-15)30-18(9-16(28-30)17-5-4-6-34-17)26-19(31)8-14-11-35-23-24-13(3)7-21(33)29(14)23/h4-7,9-10,12,14H,8,11H2,1-3H3,(H,26,31)(H,25,27,32). The van der Waals surface area contributed by atoms with Crippen molar-refractivity contribution in [2.24, 2.45) is 0 Å². The van der Waals surface area contributed by atoms with Gasteiger partial charge in [0.05, 0.1) is 18.0 Å². The van der Waals surface area contributed by atoms with Gasteiger partial charge in [-0.25, -0.2) is 9.97 Å². The van der Waals surface area contributed by atoms with Gasteiger partial charge in [-0.1, -0.05) is 25.6 Å². The van der Waals surface area contributed by atoms with Crippen LogP contribution in [0.5, 0.6) is 0 Å². The summed E-state index contributed by atoms with van der Waals surface area (Å²) < 4.78 is 8.39. The minimum atomic E-state index is -0.326. The molecule has 0 bridgehead atoms. The topological polar surface area (TPSA) is 141 Å². The SMILES string of the molecule is Cc1cc(=O)n2c(n1)SCC2CC(=O)Nc1cc(-c2ccco2)nn1-c1nc(C(C)C)cc(=O)[nH]1. The highest BCUT2D eigenvalue weighted by Crippen LogP contribution is 2.32. The molecule has 1 aliphatic rings. The maximum Gasteiger partial charge on any atom is 0.254 e. The Labute approximate surface area is 203 Å². The molecule has 180 valence electrons. The van der Waals surface area contributed by atoms with Crippen LogP contribution in [-0.4, -0.2) is 41.0 Å². The van der Waals surface area contributed by atoms with Gasteiger partial charge >= 0.3 is 0 Å². The smallest absolute Gasteiger partial charge is 0.254 e. The number of nitrogens with zero attached hydrogens (tertiary/aromatic N) is 5. The summed E-state index contributed by atoms with van der Waals surface area (Å²) in [5.41, 5.74) is 1.21. The lowest BCUT2D eigenvalue weighted by Gasteiger charge is -2.14. The van der Waals surface area contributed by atoms with Gasteiger partial charge in [-0.05, 0) is 25.0 Å². The lowest BCUT2D eigenvalue weighted by molar-refractivity contribution is -0.116. The molecule has 0 saturated heterocycles. The fourth-order valence-electron chi connectivity index (χ4n) is 3.86. The first-order valence-corrected chi connectivity index (χ1v) is 12.1. The number of aromatic amines is 1. The van der Waals surface area contributed by atoms with Crippen molar-refractivity contribution >= 4 is 23.5 Å². The summed E-state index contributed by atoms with van der Waals surface area (Å²) in [5.74, 6) is 1.25. The molecule has 0 saturated carbocycles. The van der Waals surface area contributed by atoms with Gasteiger partial charge in [0.2, 0.25) is 11.9 Å². The summed E-state index contributed by atoms with van der Waals surface area (Å²) in [6.45, 7) is 5.63. The van der Waals surface area contributed by atoms with Crippen molar-refractivity contribution in [1.82, 2.24) is 29.3 Å². The summed E-state index contributed by atoms with van der Waals surface area (Å²) in [5, 5.41) is 7.99. The number of carbonyl (C=O) groups is 1. The molecule has 4 aromatic rings. The quantitative estimate of drug-likeness (QED) is 0.391. The van der Waals surface area contributed by atoms with Gasteiger partial charge in [0.15, 0.2) is 10.9 Å². The first-order chi connectivity index (χ1) is 16.8. The fraction of sp³-hybridized carbons (Fsp3) is 0.304. The number of aryl methyl sites for hydroxylation is 1. The molecule has 12 heteroatoms. The summed E-state index contributed by atoms with van der Waals surface area (Å²) in [6.07, 6.45) is 1.59. The molecule has 1 amide bonds. The molecule has 0 spiro atoms. The van der Waals surface area contributed by atoms with Crippen LogP contribution in [-0.2, 0) is 4.79 Å². The van der Waals surface area contributed by atoms with Crippen LogP contribution in [0.1, 0.15) is 43.6 Å². The number of H-pyrrole nitrogens is 1. The number of nitrogens with one attached hydrogen (secondary N) is 2. The maximum absolute atomic E-state index is 13.1. The molecule has 0 radical (unpaired) electrons. The van der Waals surface area contributed by atoms with E-state index in [1.165, 1.54) is 34.8 Å². The number of fused-ring (bicyclic) bond motifs is 1. The van der Waals surface area contributed by atoms with E-state index in [4.69, 9.17) is 4.42 Å². The van der Waals surface area contributed by atoms with Crippen molar-refractivity contribution in [3.63, 3.8) is 0 Å². The maximum atomic E-state index is 13.1. The molecular weight excluding hydrogens is 470 g/mol. The number of furan rings is 1. The van der Waals surface area contributed by atoms with Crippen molar-refractivity contribution in [2.45, 2.75) is 44.3 Å². The number of thioether (sulfide) groups is 1. The number of hydrogen-bond acceptors (Lipinski definition) is 8. The van der Waals surface area contributed by atoms with E-state index in [1.807, 2.05) is 13.8 Å². The van der Waals surface area contributed by atoms with Gasteiger partial charge in [0.25, 0.3) is 11.1 Å². The molecule has 35 heavy (non-hydrogen) atoms. The lowest BCUT2D eigenvalue weighted by Crippen LogP contribution is -2.28. The van der Waals surface area contributed by atoms with Crippen LogP contribution < -0.4 is 16.4 Å². The minimum absolute atomic E-state index is 0.0182. The molecule has 4 aromatic heterocycles. The van der Waals surface area contributed by atoms with E-state index in [9.17, 15) is 14.4 Å². The number of anilines is 1. The molecular formula is C23H23N7O4S. The number of hydrogen-bond donors (Lipinski definition) is 2. The Morgan fingerprint density at radius 3 is 2.86 bits per heavy atom. The van der Waals surface area contributed by atoms with Crippen LogP contribution in [0.3, 0.4) is 0 Å². The molecule has 1 atom stereocenters. The van der Waals surface area contributed by atoms with E-state index in [0.717, 1.165) is 0 Å². The third-order valence-electron chi connectivity index (χ3n) is 5.53. The zero-order valence-electron chi connectivity index (χ0n) is 19.3. The Balaban J connectivity index is 1.47. The van der Waals surface area contributed by atoms with Crippen LogP contribution in [0.25, 0.3) is 17.4 Å². The Kier molecular flexibility index (Phi) is 5.89. The third kappa shape index (κ3) is 4.56. The van der Waals surface area contributed by atoms with Crippen molar-refractivity contribution in [3.8, 4) is 17.4 Å². The Morgan fingerprint density at radius 1 is 1.29 bits per heavy atom. The first kappa shape index (κ1) is 22.8. The predicted molar refractivity (Wildman–Crippen MR) is 130 cm³/mol. The second-order valence-electron chi connectivity index (χ2n) is 8.56. The van der Waals surface area contributed by atoms with Crippen LogP contribution >= 0.6 is 11.8 Å². The number of aromatic nitrogens is 6. The van der Waals surface area contributed by atoms with Gasteiger partial charge in [0, 0.05) is 36.1 Å². The van der Waals surface area contributed by atoms with Crippen LogP contribution in [0.4, 0.5) is 5.82 Å². The largest absolute Gasteiger partial charge is 0.463 e. The van der Waals surface area contributed by atoms with Crippen molar-refractivity contribution in [3.05, 3.63) is 68.7 Å². The average molecular weight is 494 g/mol. The van der Waals surface area contributed by atoms with E-state index in [1.54, 1.807) is 29.7 Å². The van der Waals surface area contributed by atoms with Crippen LogP contribution in [0, 0.1) is 6.92 Å². The second-order valence-corrected chi connectivity index (χ2v) is 9.55. The van der Waals surface area contributed by atoms with Crippen molar-refractivity contribution < 1.29 is 9.21 Å². The van der Waals surface area contributed by atoms with Gasteiger partial charge in [-0.3, -0.25) is 23.9 Å². The molecule has 0 aliphatic carbocycles. The van der Waals surface area contributed by atoms with Gasteiger partial charge in [-0.15, -0.1) is 0 Å². The molecule has 1 aliphatic heterocycles. The van der Waals surface area contributed by atoms with Gasteiger partial charge in [0.1, 0.15) is 11.5 Å². The highest BCUT2D eigenvalue weighted by molar-refractivity contribution is 7.99. The lowest BCUT2D eigenvalue weighted by atomic mass is 10.1. The summed E-state index contributed by atoms with van der Waals surface area (Å²) in [7, 11) is 0. The normalized spacial score (nSPS) is 14.9. The first-order valence-electron chi connectivity index (χ1n) is 11.1. The highest BCUT2D eigenvalue weighted by atomic mass is 32.2. The average Bonchev–Trinajstić information content (AvgIpc) is 3.53. The van der Waals surface area contributed by atoms with E-state index in [-0.39, 0.29) is 41.4 Å². The van der Waals surface area contributed by atoms with Crippen LogP contribution in [0.15, 0.2) is 55.8 Å². The van der Waals surface area contributed by atoms with Crippen LogP contribution in [0.2, 0.25) is 0 Å². The minimum Gasteiger partial charge on any atom is -0.463 e. The summed E-state index contributed by atoms with van der Waals surface area (Å²) in [4.78, 5) is 49.4. The number of carbonyl (C=O) groups excluding carboxylic acids is 1. The molecule has 11 nitrogen and oxygen atoms in total. The Morgan fingerprint density at radius 2 is 2.11 bits per heavy atom. The summed E-state index contributed by atoms with van der Waals surface area (Å²) in [6, 6.07) is 7.70. The second kappa shape index (κ2) is 9.02. The molecule has 0 fully saturated rings. The van der Waals surface area contributed by atoms with E-state index >= 15 is 0 Å². The van der Waals surface area contributed by atoms with E-state index in [2.05, 4.69) is 25.4 Å². The third-order valence-corrected chi connectivity index (χ3v) is 6.63. The number of rotatable bonds is 6. The highest BCUT2D eigenvalue weighted by Gasteiger charge is 2.28. The molecule has 2 N–H and O–H groups in total. The van der Waals surface area contributed by atoms with Gasteiger partial charge < -0.3 is 9.73 Å². The zero-order valence-corrected chi connectivity index (χ0v) is 20.1. The summed E-state index contributed by atoms with van der Waals surface area (Å²) >= 11 is 1.45. The predicted octanol–water partition coefficient (Wildman–Crippen LogP) is 2.88.